The van der Waals surface area contributed by atoms with Crippen LogP contribution < -0.4 is 10.5 Å². The summed E-state index contributed by atoms with van der Waals surface area (Å²) >= 11 is 0. The number of nitrogens with zero attached hydrogens (tertiary/aromatic N) is 1. The van der Waals surface area contributed by atoms with Crippen molar-refractivity contribution in [2.24, 2.45) is 0 Å². The van der Waals surface area contributed by atoms with Crippen molar-refractivity contribution in [2.45, 2.75) is 11.8 Å². The Labute approximate surface area is 114 Å². The third-order valence-electron chi connectivity index (χ3n) is 2.70. The lowest BCUT2D eigenvalue weighted by atomic mass is 10.3. The minimum atomic E-state index is -3.61. The molecule has 0 heterocycles. The Balaban J connectivity index is 3.17. The summed E-state index contributed by atoms with van der Waals surface area (Å²) < 4.78 is 36.4. The van der Waals surface area contributed by atoms with Crippen molar-refractivity contribution < 1.29 is 17.9 Å². The van der Waals surface area contributed by atoms with Crippen LogP contribution in [0.25, 0.3) is 0 Å². The second kappa shape index (κ2) is 6.74. The molecule has 6 nitrogen and oxygen atoms in total. The maximum absolute atomic E-state index is 12.5. The lowest BCUT2D eigenvalue weighted by molar-refractivity contribution is 0.180. The Morgan fingerprint density at radius 2 is 2.00 bits per heavy atom. The minimum Gasteiger partial charge on any atom is -0.495 e. The van der Waals surface area contributed by atoms with E-state index in [0.29, 0.717) is 25.4 Å². The van der Waals surface area contributed by atoms with Crippen LogP contribution in [0.3, 0.4) is 0 Å². The molecule has 7 heteroatoms. The molecule has 0 fully saturated rings. The fraction of sp³-hybridized carbons (Fsp3) is 0.500. The lowest BCUT2D eigenvalue weighted by Crippen LogP contribution is -2.34. The smallest absolute Gasteiger partial charge is 0.246 e. The number of nitrogen functional groups attached to an aromatic ring is 1. The summed E-state index contributed by atoms with van der Waals surface area (Å²) in [5.74, 6) is 0.246. The SMILES string of the molecule is CCN(CCOC)S(=O)(=O)c1ccc(N)cc1OC. The van der Waals surface area contributed by atoms with Gasteiger partial charge in [0.2, 0.25) is 10.0 Å². The first-order valence-electron chi connectivity index (χ1n) is 5.90. The summed E-state index contributed by atoms with van der Waals surface area (Å²) in [6, 6.07) is 4.50. The Morgan fingerprint density at radius 1 is 1.32 bits per heavy atom. The zero-order valence-electron chi connectivity index (χ0n) is 11.4. The molecule has 0 spiro atoms. The van der Waals surface area contributed by atoms with Gasteiger partial charge < -0.3 is 15.2 Å². The molecule has 0 aliphatic rings. The Bertz CT molecular complexity index is 516. The summed E-state index contributed by atoms with van der Waals surface area (Å²) in [6.07, 6.45) is 0. The molecule has 0 aliphatic heterocycles. The highest BCUT2D eigenvalue weighted by Gasteiger charge is 2.26. The topological polar surface area (TPSA) is 81.9 Å². The van der Waals surface area contributed by atoms with E-state index < -0.39 is 10.0 Å². The normalized spacial score (nSPS) is 11.8. The molecule has 1 rings (SSSR count). The van der Waals surface area contributed by atoms with Gasteiger partial charge in [0.15, 0.2) is 0 Å². The number of nitrogens with two attached hydrogens (primary N) is 1. The highest BCUT2D eigenvalue weighted by atomic mass is 32.2. The third-order valence-corrected chi connectivity index (χ3v) is 4.72. The van der Waals surface area contributed by atoms with Crippen molar-refractivity contribution >= 4 is 15.7 Å². The van der Waals surface area contributed by atoms with Crippen LogP contribution in [0.5, 0.6) is 5.75 Å². The van der Waals surface area contributed by atoms with Crippen molar-refractivity contribution in [1.29, 1.82) is 0 Å². The molecule has 0 atom stereocenters. The molecule has 0 unspecified atom stereocenters. The van der Waals surface area contributed by atoms with Crippen LogP contribution in [0.1, 0.15) is 6.92 Å². The van der Waals surface area contributed by atoms with E-state index in [9.17, 15) is 8.42 Å². The van der Waals surface area contributed by atoms with Gasteiger partial charge in [0.1, 0.15) is 10.6 Å². The van der Waals surface area contributed by atoms with E-state index in [4.69, 9.17) is 15.2 Å². The maximum atomic E-state index is 12.5. The van der Waals surface area contributed by atoms with Crippen LogP contribution in [0.2, 0.25) is 0 Å². The van der Waals surface area contributed by atoms with E-state index >= 15 is 0 Å². The molecule has 0 amide bonds. The van der Waals surface area contributed by atoms with Crippen LogP contribution in [0.4, 0.5) is 5.69 Å². The average molecular weight is 288 g/mol. The van der Waals surface area contributed by atoms with E-state index in [1.54, 1.807) is 13.0 Å². The zero-order valence-corrected chi connectivity index (χ0v) is 12.2. The average Bonchev–Trinajstić information content (AvgIpc) is 2.38. The van der Waals surface area contributed by atoms with E-state index in [1.807, 2.05) is 0 Å². The van der Waals surface area contributed by atoms with Crippen molar-refractivity contribution in [3.63, 3.8) is 0 Å². The largest absolute Gasteiger partial charge is 0.495 e. The molecular formula is C12H20N2O4S. The third kappa shape index (κ3) is 3.59. The van der Waals surface area contributed by atoms with Crippen molar-refractivity contribution in [3.05, 3.63) is 18.2 Å². The Hall–Kier alpha value is -1.31. The van der Waals surface area contributed by atoms with Gasteiger partial charge in [0.05, 0.1) is 13.7 Å². The van der Waals surface area contributed by atoms with E-state index in [2.05, 4.69) is 0 Å². The first-order chi connectivity index (χ1) is 8.97. The van der Waals surface area contributed by atoms with Gasteiger partial charge in [0.25, 0.3) is 0 Å². The molecule has 0 aromatic heterocycles. The van der Waals surface area contributed by atoms with Gasteiger partial charge in [-0.15, -0.1) is 0 Å². The van der Waals surface area contributed by atoms with Gasteiger partial charge in [-0.1, -0.05) is 6.92 Å². The van der Waals surface area contributed by atoms with E-state index in [1.165, 1.54) is 30.7 Å². The number of hydrogen-bond acceptors (Lipinski definition) is 5. The van der Waals surface area contributed by atoms with Gasteiger partial charge >= 0.3 is 0 Å². The first kappa shape index (κ1) is 15.7. The lowest BCUT2D eigenvalue weighted by Gasteiger charge is -2.21. The highest BCUT2D eigenvalue weighted by Crippen LogP contribution is 2.28. The standard InChI is InChI=1S/C12H20N2O4S/c1-4-14(7-8-17-2)19(15,16)12-6-5-10(13)9-11(12)18-3/h5-6,9H,4,7-8,13H2,1-3H3. The molecule has 0 radical (unpaired) electrons. The molecule has 0 saturated carbocycles. The molecule has 0 saturated heterocycles. The summed E-state index contributed by atoms with van der Waals surface area (Å²) in [5.41, 5.74) is 6.08. The van der Waals surface area contributed by atoms with Crippen LogP contribution >= 0.6 is 0 Å². The molecule has 19 heavy (non-hydrogen) atoms. The fourth-order valence-electron chi connectivity index (χ4n) is 1.68. The van der Waals surface area contributed by atoms with Crippen LogP contribution in [0.15, 0.2) is 23.1 Å². The van der Waals surface area contributed by atoms with Gasteiger partial charge in [-0.3, -0.25) is 0 Å². The number of sulfonamides is 1. The summed E-state index contributed by atoms with van der Waals surface area (Å²) in [6.45, 7) is 2.77. The quantitative estimate of drug-likeness (QED) is 0.755. The highest BCUT2D eigenvalue weighted by molar-refractivity contribution is 7.89. The van der Waals surface area contributed by atoms with Crippen molar-refractivity contribution in [1.82, 2.24) is 4.31 Å². The zero-order chi connectivity index (χ0) is 14.5. The number of methoxy groups -OCH3 is 2. The Morgan fingerprint density at radius 3 is 2.53 bits per heavy atom. The number of rotatable bonds is 7. The second-order valence-electron chi connectivity index (χ2n) is 3.90. The number of ether oxygens (including phenoxy) is 2. The van der Waals surface area contributed by atoms with Crippen LogP contribution in [-0.2, 0) is 14.8 Å². The first-order valence-corrected chi connectivity index (χ1v) is 7.34. The van der Waals surface area contributed by atoms with Gasteiger partial charge in [0, 0.05) is 32.0 Å². The molecule has 0 aliphatic carbocycles. The number of benzene rings is 1. The van der Waals surface area contributed by atoms with Gasteiger partial charge in [-0.2, -0.15) is 4.31 Å². The van der Waals surface area contributed by atoms with Crippen LogP contribution in [-0.4, -0.2) is 46.6 Å². The van der Waals surface area contributed by atoms with E-state index in [0.717, 1.165) is 0 Å². The minimum absolute atomic E-state index is 0.113. The number of likely N-dealkylation sites (N-methyl/N-ethyl adjacent to an activating group) is 1. The molecule has 1 aromatic rings. The number of anilines is 1. The van der Waals surface area contributed by atoms with Gasteiger partial charge in [-0.05, 0) is 12.1 Å². The second-order valence-corrected chi connectivity index (χ2v) is 5.81. The van der Waals surface area contributed by atoms with Crippen LogP contribution in [0, 0.1) is 0 Å². The molecule has 2 N–H and O–H groups in total. The monoisotopic (exact) mass is 288 g/mol. The fourth-order valence-corrected chi connectivity index (χ4v) is 3.25. The Kier molecular flexibility index (Phi) is 5.59. The van der Waals surface area contributed by atoms with Crippen molar-refractivity contribution in [2.75, 3.05) is 39.6 Å². The summed E-state index contributed by atoms with van der Waals surface area (Å²) in [7, 11) is -0.662. The summed E-state index contributed by atoms with van der Waals surface area (Å²) in [4.78, 5) is 0.113. The molecule has 1 aromatic carbocycles. The predicted molar refractivity (Wildman–Crippen MR) is 73.7 cm³/mol. The van der Waals surface area contributed by atoms with Gasteiger partial charge in [-0.25, -0.2) is 8.42 Å². The van der Waals surface area contributed by atoms with E-state index in [-0.39, 0.29) is 10.6 Å². The molecule has 108 valence electrons. The maximum Gasteiger partial charge on any atom is 0.246 e. The molecule has 0 bridgehead atoms. The summed E-state index contributed by atoms with van der Waals surface area (Å²) in [5, 5.41) is 0. The predicted octanol–water partition coefficient (Wildman–Crippen LogP) is 0.934. The van der Waals surface area contributed by atoms with Crippen molar-refractivity contribution in [3.8, 4) is 5.75 Å². The number of hydrogen-bond donors (Lipinski definition) is 1. The molecular weight excluding hydrogens is 268 g/mol.